The van der Waals surface area contributed by atoms with Crippen molar-refractivity contribution in [1.82, 2.24) is 0 Å². The minimum Gasteiger partial charge on any atom is -0.465 e. The zero-order valence-corrected chi connectivity index (χ0v) is 14.3. The number of esters is 1. The summed E-state index contributed by atoms with van der Waals surface area (Å²) < 4.78 is 4.84. The quantitative estimate of drug-likeness (QED) is 0.720. The van der Waals surface area contributed by atoms with E-state index in [1.807, 2.05) is 0 Å². The van der Waals surface area contributed by atoms with Crippen molar-refractivity contribution in [2.24, 2.45) is 11.8 Å². The first kappa shape index (κ1) is 17.8. The first-order valence-electron chi connectivity index (χ1n) is 7.47. The van der Waals surface area contributed by atoms with Gasteiger partial charge in [0.2, 0.25) is 0 Å². The summed E-state index contributed by atoms with van der Waals surface area (Å²) in [6, 6.07) is 5.52. The van der Waals surface area contributed by atoms with Crippen molar-refractivity contribution in [3.63, 3.8) is 0 Å². The summed E-state index contributed by atoms with van der Waals surface area (Å²) in [5.74, 6) is 0.825. The fraction of sp³-hybridized carbons (Fsp3) is 0.588. The average molecular weight is 312 g/mol. The van der Waals surface area contributed by atoms with Crippen molar-refractivity contribution in [2.75, 3.05) is 12.4 Å². The SMILES string of the molecule is COC(=O)c1ccc(Cl)cc1NC(CC(C)C)CC(C)C. The van der Waals surface area contributed by atoms with Crippen LogP contribution in [0.25, 0.3) is 0 Å². The van der Waals surface area contributed by atoms with Crippen LogP contribution in [0.1, 0.15) is 50.9 Å². The topological polar surface area (TPSA) is 38.3 Å². The molecule has 4 heteroatoms. The van der Waals surface area contributed by atoms with Gasteiger partial charge in [-0.05, 0) is 42.9 Å². The lowest BCUT2D eigenvalue weighted by atomic mass is 9.95. The van der Waals surface area contributed by atoms with Crippen molar-refractivity contribution >= 4 is 23.3 Å². The van der Waals surface area contributed by atoms with E-state index in [4.69, 9.17) is 16.3 Å². The van der Waals surface area contributed by atoms with E-state index in [0.29, 0.717) is 28.5 Å². The Morgan fingerprint density at radius 3 is 2.24 bits per heavy atom. The normalized spacial score (nSPS) is 11.3. The summed E-state index contributed by atoms with van der Waals surface area (Å²) in [6.45, 7) is 8.81. The Morgan fingerprint density at radius 2 is 1.76 bits per heavy atom. The monoisotopic (exact) mass is 311 g/mol. The third-order valence-corrected chi connectivity index (χ3v) is 3.49. The smallest absolute Gasteiger partial charge is 0.339 e. The number of ether oxygens (including phenoxy) is 1. The zero-order chi connectivity index (χ0) is 16.0. The summed E-state index contributed by atoms with van der Waals surface area (Å²) in [5.41, 5.74) is 1.28. The van der Waals surface area contributed by atoms with Gasteiger partial charge in [0.05, 0.1) is 18.4 Å². The minimum absolute atomic E-state index is 0.312. The first-order valence-corrected chi connectivity index (χ1v) is 7.85. The van der Waals surface area contributed by atoms with Gasteiger partial charge in [-0.2, -0.15) is 0 Å². The molecular weight excluding hydrogens is 286 g/mol. The maximum absolute atomic E-state index is 11.9. The average Bonchev–Trinajstić information content (AvgIpc) is 2.36. The van der Waals surface area contributed by atoms with Gasteiger partial charge >= 0.3 is 5.97 Å². The number of hydrogen-bond acceptors (Lipinski definition) is 3. The highest BCUT2D eigenvalue weighted by Crippen LogP contribution is 2.25. The van der Waals surface area contributed by atoms with Gasteiger partial charge in [0, 0.05) is 11.1 Å². The summed E-state index contributed by atoms with van der Waals surface area (Å²) >= 11 is 6.07. The Bertz CT molecular complexity index is 462. The third kappa shape index (κ3) is 5.96. The molecule has 0 saturated heterocycles. The molecule has 0 aliphatic heterocycles. The number of hydrogen-bond donors (Lipinski definition) is 1. The van der Waals surface area contributed by atoms with Gasteiger partial charge in [0.15, 0.2) is 0 Å². The zero-order valence-electron chi connectivity index (χ0n) is 13.6. The van der Waals surface area contributed by atoms with Gasteiger partial charge in [-0.1, -0.05) is 39.3 Å². The molecule has 1 rings (SSSR count). The van der Waals surface area contributed by atoms with Gasteiger partial charge in [-0.15, -0.1) is 0 Å². The highest BCUT2D eigenvalue weighted by molar-refractivity contribution is 6.31. The molecule has 0 unspecified atom stereocenters. The molecule has 1 aromatic carbocycles. The largest absolute Gasteiger partial charge is 0.465 e. The van der Waals surface area contributed by atoms with E-state index in [1.54, 1.807) is 18.2 Å². The Hall–Kier alpha value is -1.22. The molecule has 0 radical (unpaired) electrons. The van der Waals surface area contributed by atoms with Gasteiger partial charge in [0.1, 0.15) is 0 Å². The molecular formula is C17H26ClNO2. The fourth-order valence-electron chi connectivity index (χ4n) is 2.50. The van der Waals surface area contributed by atoms with Crippen molar-refractivity contribution in [3.8, 4) is 0 Å². The Labute approximate surface area is 133 Å². The molecule has 0 heterocycles. The Kier molecular flexibility index (Phi) is 7.03. The van der Waals surface area contributed by atoms with Crippen LogP contribution >= 0.6 is 11.6 Å². The number of nitrogens with one attached hydrogen (secondary N) is 1. The molecule has 0 amide bonds. The number of halogens is 1. The predicted molar refractivity (Wildman–Crippen MR) is 89.1 cm³/mol. The Morgan fingerprint density at radius 1 is 1.19 bits per heavy atom. The van der Waals surface area contributed by atoms with Crippen LogP contribution in [0.15, 0.2) is 18.2 Å². The molecule has 1 N–H and O–H groups in total. The highest BCUT2D eigenvalue weighted by atomic mass is 35.5. The molecule has 3 nitrogen and oxygen atoms in total. The first-order chi connectivity index (χ1) is 9.83. The van der Waals surface area contributed by atoms with Crippen LogP contribution in [0.2, 0.25) is 5.02 Å². The molecule has 21 heavy (non-hydrogen) atoms. The fourth-order valence-corrected chi connectivity index (χ4v) is 2.67. The van der Waals surface area contributed by atoms with Crippen molar-refractivity contribution in [3.05, 3.63) is 28.8 Å². The van der Waals surface area contributed by atoms with Crippen molar-refractivity contribution < 1.29 is 9.53 Å². The molecule has 0 aliphatic rings. The molecule has 0 spiro atoms. The van der Waals surface area contributed by atoms with E-state index >= 15 is 0 Å². The molecule has 0 atom stereocenters. The second kappa shape index (κ2) is 8.28. The van der Waals surface area contributed by atoms with Crippen LogP contribution in [0.4, 0.5) is 5.69 Å². The minimum atomic E-state index is -0.345. The van der Waals surface area contributed by atoms with E-state index in [2.05, 4.69) is 33.0 Å². The van der Waals surface area contributed by atoms with Gasteiger partial charge in [-0.3, -0.25) is 0 Å². The van der Waals surface area contributed by atoms with Crippen LogP contribution < -0.4 is 5.32 Å². The lowest BCUT2D eigenvalue weighted by Crippen LogP contribution is -2.25. The van der Waals surface area contributed by atoms with Crippen LogP contribution in [0.3, 0.4) is 0 Å². The maximum atomic E-state index is 11.9. The second-order valence-corrected chi connectivity index (χ2v) is 6.72. The number of methoxy groups -OCH3 is 1. The van der Waals surface area contributed by atoms with E-state index in [-0.39, 0.29) is 5.97 Å². The van der Waals surface area contributed by atoms with Crippen LogP contribution in [0.5, 0.6) is 0 Å². The van der Waals surface area contributed by atoms with Crippen molar-refractivity contribution in [1.29, 1.82) is 0 Å². The lowest BCUT2D eigenvalue weighted by molar-refractivity contribution is 0.0602. The van der Waals surface area contributed by atoms with E-state index in [1.165, 1.54) is 7.11 Å². The van der Waals surface area contributed by atoms with Crippen LogP contribution in [-0.4, -0.2) is 19.1 Å². The van der Waals surface area contributed by atoms with Crippen LogP contribution in [-0.2, 0) is 4.74 Å². The van der Waals surface area contributed by atoms with Gasteiger partial charge in [0.25, 0.3) is 0 Å². The molecule has 0 aromatic heterocycles. The number of carbonyl (C=O) groups is 1. The summed E-state index contributed by atoms with van der Waals surface area (Å²) in [4.78, 5) is 11.9. The molecule has 0 bridgehead atoms. The summed E-state index contributed by atoms with van der Waals surface area (Å²) in [7, 11) is 1.39. The van der Waals surface area contributed by atoms with E-state index in [0.717, 1.165) is 18.5 Å². The number of anilines is 1. The molecule has 0 saturated carbocycles. The summed E-state index contributed by atoms with van der Waals surface area (Å²) in [6.07, 6.45) is 2.09. The van der Waals surface area contributed by atoms with Crippen LogP contribution in [0, 0.1) is 11.8 Å². The number of benzene rings is 1. The standard InChI is InChI=1S/C17H26ClNO2/c1-11(2)8-14(9-12(3)4)19-16-10-13(18)6-7-15(16)17(20)21-5/h6-7,10-12,14,19H,8-9H2,1-5H3. The third-order valence-electron chi connectivity index (χ3n) is 3.26. The lowest BCUT2D eigenvalue weighted by Gasteiger charge is -2.24. The number of carbonyl (C=O) groups excluding carboxylic acids is 1. The second-order valence-electron chi connectivity index (χ2n) is 6.28. The molecule has 0 aliphatic carbocycles. The maximum Gasteiger partial charge on any atom is 0.339 e. The Balaban J connectivity index is 3.00. The number of rotatable bonds is 7. The van der Waals surface area contributed by atoms with E-state index < -0.39 is 0 Å². The molecule has 1 aromatic rings. The van der Waals surface area contributed by atoms with Gasteiger partial charge < -0.3 is 10.1 Å². The van der Waals surface area contributed by atoms with Crippen molar-refractivity contribution in [2.45, 2.75) is 46.6 Å². The molecule has 0 fully saturated rings. The predicted octanol–water partition coefficient (Wildman–Crippen LogP) is 5.00. The van der Waals surface area contributed by atoms with Gasteiger partial charge in [-0.25, -0.2) is 4.79 Å². The highest BCUT2D eigenvalue weighted by Gasteiger charge is 2.18. The summed E-state index contributed by atoms with van der Waals surface area (Å²) in [5, 5.41) is 4.09. The molecule has 118 valence electrons. The van der Waals surface area contributed by atoms with E-state index in [9.17, 15) is 4.79 Å².